The fourth-order valence-electron chi connectivity index (χ4n) is 0.767. The maximum Gasteiger partial charge on any atom is 0.255 e. The van der Waals surface area contributed by atoms with Gasteiger partial charge < -0.3 is 5.73 Å². The number of nitrogen functional groups attached to an aromatic ring is 1. The van der Waals surface area contributed by atoms with E-state index in [1.165, 1.54) is 12.1 Å². The average Bonchev–Trinajstić information content (AvgIpc) is 2.05. The van der Waals surface area contributed by atoms with E-state index in [1.807, 2.05) is 0 Å². The summed E-state index contributed by atoms with van der Waals surface area (Å²) in [6, 6.07) is 6.07. The predicted octanol–water partition coefficient (Wildman–Crippen LogP) is 0.701. The van der Waals surface area contributed by atoms with E-state index in [1.54, 1.807) is 16.4 Å². The first-order valence-corrected chi connectivity index (χ1v) is 4.91. The van der Waals surface area contributed by atoms with Gasteiger partial charge in [-0.15, -0.1) is 4.24 Å². The van der Waals surface area contributed by atoms with Gasteiger partial charge in [0.05, 0.1) is 5.69 Å². The minimum atomic E-state index is -3.64. The van der Waals surface area contributed by atoms with Crippen molar-refractivity contribution in [1.82, 2.24) is 4.24 Å². The molecule has 0 unspecified atom stereocenters. The maximum absolute atomic E-state index is 11.1. The van der Waals surface area contributed by atoms with Crippen molar-refractivity contribution in [3.05, 3.63) is 24.3 Å². The van der Waals surface area contributed by atoms with E-state index in [2.05, 4.69) is 0 Å². The number of halogens is 1. The SMILES string of the molecule is Nc1ccccc1S(=O)(=O)NCl. The zero-order valence-corrected chi connectivity index (χ0v) is 7.56. The Bertz CT molecular complexity index is 377. The highest BCUT2D eigenvalue weighted by Crippen LogP contribution is 2.16. The number of anilines is 1. The van der Waals surface area contributed by atoms with Crippen LogP contribution in [0.1, 0.15) is 0 Å². The van der Waals surface area contributed by atoms with Crippen LogP contribution in [0.5, 0.6) is 0 Å². The standard InChI is InChI=1S/C6H7ClN2O2S/c7-9-12(10,11)6-4-2-1-3-5(6)8/h1-4,9H,8H2. The lowest BCUT2D eigenvalue weighted by molar-refractivity contribution is 0.594. The van der Waals surface area contributed by atoms with Crippen molar-refractivity contribution >= 4 is 27.5 Å². The first-order chi connectivity index (χ1) is 5.58. The summed E-state index contributed by atoms with van der Waals surface area (Å²) in [5.74, 6) is 0. The Morgan fingerprint density at radius 1 is 1.33 bits per heavy atom. The van der Waals surface area contributed by atoms with Crippen molar-refractivity contribution in [2.45, 2.75) is 4.90 Å². The van der Waals surface area contributed by atoms with Crippen molar-refractivity contribution in [3.63, 3.8) is 0 Å². The van der Waals surface area contributed by atoms with Crippen LogP contribution in [0.15, 0.2) is 29.2 Å². The highest BCUT2D eigenvalue weighted by molar-refractivity contribution is 7.90. The zero-order chi connectivity index (χ0) is 9.19. The minimum Gasteiger partial charge on any atom is -0.398 e. The molecule has 0 fully saturated rings. The lowest BCUT2D eigenvalue weighted by Crippen LogP contribution is -2.15. The number of nitrogens with one attached hydrogen (secondary N) is 1. The molecular formula is C6H7ClN2O2S. The van der Waals surface area contributed by atoms with Crippen LogP contribution in [-0.2, 0) is 10.0 Å². The normalized spacial score (nSPS) is 11.4. The second kappa shape index (κ2) is 3.30. The number of nitrogens with two attached hydrogens (primary N) is 1. The first kappa shape index (κ1) is 9.31. The molecular weight excluding hydrogens is 200 g/mol. The van der Waals surface area contributed by atoms with Crippen LogP contribution in [-0.4, -0.2) is 8.42 Å². The lowest BCUT2D eigenvalue weighted by atomic mass is 10.3. The molecule has 0 heterocycles. The summed E-state index contributed by atoms with van der Waals surface area (Å²) < 4.78 is 23.9. The molecule has 0 bridgehead atoms. The second-order valence-corrected chi connectivity index (χ2v) is 4.18. The Morgan fingerprint density at radius 2 is 1.92 bits per heavy atom. The van der Waals surface area contributed by atoms with E-state index in [0.717, 1.165) is 0 Å². The van der Waals surface area contributed by atoms with Crippen LogP contribution in [0.4, 0.5) is 5.69 Å². The van der Waals surface area contributed by atoms with Crippen LogP contribution < -0.4 is 9.97 Å². The van der Waals surface area contributed by atoms with Crippen molar-refractivity contribution in [2.75, 3.05) is 5.73 Å². The summed E-state index contributed by atoms with van der Waals surface area (Å²) in [4.78, 5) is -0.0139. The summed E-state index contributed by atoms with van der Waals surface area (Å²) in [5, 5.41) is 0. The van der Waals surface area contributed by atoms with Crippen LogP contribution in [0.2, 0.25) is 0 Å². The van der Waals surface area contributed by atoms with E-state index >= 15 is 0 Å². The molecule has 12 heavy (non-hydrogen) atoms. The van der Waals surface area contributed by atoms with Gasteiger partial charge in [-0.2, -0.15) is 0 Å². The van der Waals surface area contributed by atoms with E-state index < -0.39 is 10.0 Å². The summed E-state index contributed by atoms with van der Waals surface area (Å²) in [6.45, 7) is 0. The summed E-state index contributed by atoms with van der Waals surface area (Å²) >= 11 is 5.01. The molecule has 6 heteroatoms. The summed E-state index contributed by atoms with van der Waals surface area (Å²) in [6.07, 6.45) is 0. The molecule has 0 saturated heterocycles. The molecule has 0 spiro atoms. The van der Waals surface area contributed by atoms with E-state index in [0.29, 0.717) is 0 Å². The lowest BCUT2D eigenvalue weighted by Gasteiger charge is -2.02. The van der Waals surface area contributed by atoms with E-state index in [-0.39, 0.29) is 10.6 Å². The Kier molecular flexibility index (Phi) is 2.56. The third-order valence-electron chi connectivity index (χ3n) is 1.31. The van der Waals surface area contributed by atoms with Crippen LogP contribution in [0.3, 0.4) is 0 Å². The Labute approximate surface area is 75.5 Å². The molecule has 0 aliphatic heterocycles. The Hall–Kier alpha value is -0.780. The third-order valence-corrected chi connectivity index (χ3v) is 3.07. The molecule has 0 radical (unpaired) electrons. The van der Waals surface area contributed by atoms with Gasteiger partial charge in [-0.05, 0) is 23.9 Å². The number of para-hydroxylation sites is 1. The molecule has 0 saturated carbocycles. The molecule has 0 aromatic heterocycles. The molecule has 3 N–H and O–H groups in total. The maximum atomic E-state index is 11.1. The molecule has 0 atom stereocenters. The molecule has 1 aromatic rings. The number of hydrogen-bond donors (Lipinski definition) is 2. The third kappa shape index (κ3) is 1.69. The number of sulfonamides is 1. The molecule has 0 aliphatic carbocycles. The molecule has 66 valence electrons. The van der Waals surface area contributed by atoms with Gasteiger partial charge in [-0.3, -0.25) is 0 Å². The van der Waals surface area contributed by atoms with Gasteiger partial charge in [-0.25, -0.2) is 8.42 Å². The second-order valence-electron chi connectivity index (χ2n) is 2.12. The van der Waals surface area contributed by atoms with Crippen molar-refractivity contribution in [3.8, 4) is 0 Å². The summed E-state index contributed by atoms with van der Waals surface area (Å²) in [7, 11) is -3.64. The molecule has 4 nitrogen and oxygen atoms in total. The topological polar surface area (TPSA) is 72.2 Å². The number of benzene rings is 1. The van der Waals surface area contributed by atoms with Gasteiger partial charge >= 0.3 is 0 Å². The van der Waals surface area contributed by atoms with Gasteiger partial charge in [0.2, 0.25) is 0 Å². The zero-order valence-electron chi connectivity index (χ0n) is 5.99. The minimum absolute atomic E-state index is 0.0139. The molecule has 0 aliphatic rings. The van der Waals surface area contributed by atoms with Crippen LogP contribution in [0, 0.1) is 0 Å². The van der Waals surface area contributed by atoms with Crippen LogP contribution >= 0.6 is 11.8 Å². The molecule has 0 amide bonds. The van der Waals surface area contributed by atoms with Gasteiger partial charge in [-0.1, -0.05) is 12.1 Å². The Morgan fingerprint density at radius 3 is 2.42 bits per heavy atom. The van der Waals surface area contributed by atoms with Gasteiger partial charge in [0.1, 0.15) is 4.90 Å². The highest BCUT2D eigenvalue weighted by atomic mass is 35.5. The number of hydrogen-bond acceptors (Lipinski definition) is 3. The smallest absolute Gasteiger partial charge is 0.255 e. The van der Waals surface area contributed by atoms with E-state index in [4.69, 9.17) is 17.5 Å². The van der Waals surface area contributed by atoms with Gasteiger partial charge in [0.15, 0.2) is 0 Å². The van der Waals surface area contributed by atoms with E-state index in [9.17, 15) is 8.42 Å². The van der Waals surface area contributed by atoms with Gasteiger partial charge in [0, 0.05) is 0 Å². The van der Waals surface area contributed by atoms with Crippen LogP contribution in [0.25, 0.3) is 0 Å². The Balaban J connectivity index is 3.30. The molecule has 1 aromatic carbocycles. The first-order valence-electron chi connectivity index (χ1n) is 3.05. The van der Waals surface area contributed by atoms with Crippen molar-refractivity contribution in [1.29, 1.82) is 0 Å². The number of rotatable bonds is 2. The fourth-order valence-corrected chi connectivity index (χ4v) is 1.74. The highest BCUT2D eigenvalue weighted by Gasteiger charge is 2.14. The molecule has 1 rings (SSSR count). The largest absolute Gasteiger partial charge is 0.398 e. The van der Waals surface area contributed by atoms with Crippen molar-refractivity contribution < 1.29 is 8.42 Å². The summed E-state index contributed by atoms with van der Waals surface area (Å²) in [5.41, 5.74) is 5.58. The monoisotopic (exact) mass is 206 g/mol. The average molecular weight is 207 g/mol. The van der Waals surface area contributed by atoms with Crippen molar-refractivity contribution in [2.24, 2.45) is 0 Å². The van der Waals surface area contributed by atoms with Gasteiger partial charge in [0.25, 0.3) is 10.0 Å². The fraction of sp³-hybridized carbons (Fsp3) is 0. The quantitative estimate of drug-likeness (QED) is 0.553. The predicted molar refractivity (Wildman–Crippen MR) is 47.0 cm³/mol.